The fourth-order valence-corrected chi connectivity index (χ4v) is 1.86. The minimum Gasteiger partial charge on any atom is -0.325 e. The highest BCUT2D eigenvalue weighted by molar-refractivity contribution is 7.84. The topological polar surface area (TPSA) is 46.2 Å². The first-order valence-corrected chi connectivity index (χ1v) is 6.47. The molecule has 0 spiro atoms. The Bertz CT molecular complexity index is 295. The van der Waals surface area contributed by atoms with Gasteiger partial charge in [0.05, 0.1) is 5.69 Å². The first-order chi connectivity index (χ1) is 6.18. The zero-order valence-electron chi connectivity index (χ0n) is 7.28. The van der Waals surface area contributed by atoms with Crippen LogP contribution >= 0.6 is 11.3 Å². The molecule has 1 unspecified atom stereocenters. The fraction of sp³-hybridized carbons (Fsp3) is 0.375. The van der Waals surface area contributed by atoms with Gasteiger partial charge in [-0.05, 0) is 11.4 Å². The van der Waals surface area contributed by atoms with Crippen molar-refractivity contribution in [1.82, 2.24) is 0 Å². The second-order valence-corrected chi connectivity index (χ2v) is 4.92. The molecule has 0 radical (unpaired) electrons. The van der Waals surface area contributed by atoms with Crippen LogP contribution in [-0.4, -0.2) is 22.1 Å². The van der Waals surface area contributed by atoms with Gasteiger partial charge >= 0.3 is 0 Å². The number of amides is 1. The van der Waals surface area contributed by atoms with E-state index in [1.165, 1.54) is 11.3 Å². The molecule has 1 rings (SSSR count). The van der Waals surface area contributed by atoms with Gasteiger partial charge in [0.25, 0.3) is 0 Å². The van der Waals surface area contributed by atoms with Gasteiger partial charge < -0.3 is 5.32 Å². The molecule has 13 heavy (non-hydrogen) atoms. The third kappa shape index (κ3) is 4.19. The van der Waals surface area contributed by atoms with Gasteiger partial charge in [0, 0.05) is 34.6 Å². The summed E-state index contributed by atoms with van der Waals surface area (Å²) >= 11 is 1.53. The van der Waals surface area contributed by atoms with Gasteiger partial charge in [-0.1, -0.05) is 0 Å². The predicted molar refractivity (Wildman–Crippen MR) is 56.5 cm³/mol. The zero-order valence-corrected chi connectivity index (χ0v) is 8.91. The van der Waals surface area contributed by atoms with Crippen molar-refractivity contribution >= 4 is 33.7 Å². The van der Waals surface area contributed by atoms with Crippen molar-refractivity contribution in [2.75, 3.05) is 17.3 Å². The highest BCUT2D eigenvalue weighted by Gasteiger charge is 2.03. The number of carbonyl (C=O) groups is 1. The fourth-order valence-electron chi connectivity index (χ4n) is 0.796. The van der Waals surface area contributed by atoms with Crippen molar-refractivity contribution < 1.29 is 9.00 Å². The maximum atomic E-state index is 11.2. The molecule has 0 saturated heterocycles. The molecule has 1 N–H and O–H groups in total. The van der Waals surface area contributed by atoms with E-state index >= 15 is 0 Å². The molecular weight excluding hydrogens is 206 g/mol. The van der Waals surface area contributed by atoms with Crippen molar-refractivity contribution in [3.63, 3.8) is 0 Å². The van der Waals surface area contributed by atoms with Crippen LogP contribution in [0.5, 0.6) is 0 Å². The van der Waals surface area contributed by atoms with E-state index in [1.54, 1.807) is 6.26 Å². The van der Waals surface area contributed by atoms with Crippen LogP contribution in [0.25, 0.3) is 0 Å². The summed E-state index contributed by atoms with van der Waals surface area (Å²) in [4.78, 5) is 11.2. The van der Waals surface area contributed by atoms with Gasteiger partial charge in [0.2, 0.25) is 5.91 Å². The number of thiophene rings is 1. The summed E-state index contributed by atoms with van der Waals surface area (Å²) < 4.78 is 10.7. The van der Waals surface area contributed by atoms with E-state index in [0.717, 1.165) is 5.69 Å². The molecule has 0 saturated carbocycles. The third-order valence-electron chi connectivity index (χ3n) is 1.42. The summed E-state index contributed by atoms with van der Waals surface area (Å²) in [5.74, 6) is 0.351. The molecule has 0 aromatic carbocycles. The quantitative estimate of drug-likeness (QED) is 0.830. The Kier molecular flexibility index (Phi) is 4.11. The first kappa shape index (κ1) is 10.4. The van der Waals surface area contributed by atoms with E-state index in [4.69, 9.17) is 0 Å². The van der Waals surface area contributed by atoms with Crippen molar-refractivity contribution in [2.45, 2.75) is 6.42 Å². The maximum Gasteiger partial charge on any atom is 0.225 e. The standard InChI is InChI=1S/C8H11NO2S2/c1-13(11)5-3-8(10)9-7-2-4-12-6-7/h2,4,6H,3,5H2,1H3,(H,9,10). The van der Waals surface area contributed by atoms with E-state index in [-0.39, 0.29) is 5.91 Å². The molecule has 1 atom stereocenters. The Morgan fingerprint density at radius 2 is 2.46 bits per heavy atom. The van der Waals surface area contributed by atoms with Gasteiger partial charge in [-0.2, -0.15) is 11.3 Å². The number of rotatable bonds is 4. The Morgan fingerprint density at radius 3 is 3.00 bits per heavy atom. The lowest BCUT2D eigenvalue weighted by Gasteiger charge is -2.00. The molecule has 0 aliphatic heterocycles. The van der Waals surface area contributed by atoms with Gasteiger partial charge in [-0.3, -0.25) is 9.00 Å². The molecular formula is C8H11NO2S2. The molecule has 3 nitrogen and oxygen atoms in total. The molecule has 5 heteroatoms. The molecule has 1 aromatic rings. The van der Waals surface area contributed by atoms with Gasteiger partial charge in [-0.25, -0.2) is 0 Å². The van der Waals surface area contributed by atoms with Crippen LogP contribution in [0, 0.1) is 0 Å². The third-order valence-corrected chi connectivity index (χ3v) is 2.88. The summed E-state index contributed by atoms with van der Waals surface area (Å²) in [5, 5.41) is 6.47. The molecule has 0 fully saturated rings. The maximum absolute atomic E-state index is 11.2. The average Bonchev–Trinajstić information content (AvgIpc) is 2.53. The number of hydrogen-bond acceptors (Lipinski definition) is 3. The van der Waals surface area contributed by atoms with Crippen LogP contribution in [0.3, 0.4) is 0 Å². The molecule has 0 aliphatic carbocycles. The summed E-state index contributed by atoms with van der Waals surface area (Å²) in [6.07, 6.45) is 1.91. The van der Waals surface area contributed by atoms with Crippen LogP contribution in [0.15, 0.2) is 16.8 Å². The van der Waals surface area contributed by atoms with Crippen molar-refractivity contribution in [2.24, 2.45) is 0 Å². The van der Waals surface area contributed by atoms with Gasteiger partial charge in [0.1, 0.15) is 0 Å². The van der Waals surface area contributed by atoms with Crippen LogP contribution in [-0.2, 0) is 15.6 Å². The monoisotopic (exact) mass is 217 g/mol. The Hall–Kier alpha value is -0.680. The predicted octanol–water partition coefficient (Wildman–Crippen LogP) is 1.46. The highest BCUT2D eigenvalue weighted by Crippen LogP contribution is 2.11. The summed E-state index contributed by atoms with van der Waals surface area (Å²) in [5.41, 5.74) is 0.817. The second kappa shape index (κ2) is 5.14. The average molecular weight is 217 g/mol. The number of anilines is 1. The lowest BCUT2D eigenvalue weighted by atomic mass is 10.4. The molecule has 1 aromatic heterocycles. The molecule has 1 heterocycles. The van der Waals surface area contributed by atoms with Crippen LogP contribution in [0.1, 0.15) is 6.42 Å². The van der Waals surface area contributed by atoms with Crippen LogP contribution < -0.4 is 5.32 Å². The van der Waals surface area contributed by atoms with Crippen molar-refractivity contribution in [1.29, 1.82) is 0 Å². The SMILES string of the molecule is CS(=O)CCC(=O)Nc1ccsc1. The largest absolute Gasteiger partial charge is 0.325 e. The van der Waals surface area contributed by atoms with Gasteiger partial charge in [-0.15, -0.1) is 0 Å². The molecule has 0 aliphatic rings. The van der Waals surface area contributed by atoms with E-state index in [9.17, 15) is 9.00 Å². The molecule has 1 amide bonds. The summed E-state index contributed by atoms with van der Waals surface area (Å²) in [6.45, 7) is 0. The number of carbonyl (C=O) groups excluding carboxylic acids is 1. The minimum atomic E-state index is -0.893. The highest BCUT2D eigenvalue weighted by atomic mass is 32.2. The first-order valence-electron chi connectivity index (χ1n) is 3.80. The zero-order chi connectivity index (χ0) is 9.68. The summed E-state index contributed by atoms with van der Waals surface area (Å²) in [6, 6.07) is 1.84. The lowest BCUT2D eigenvalue weighted by molar-refractivity contribution is -0.115. The summed E-state index contributed by atoms with van der Waals surface area (Å²) in [7, 11) is -0.893. The van der Waals surface area contributed by atoms with E-state index in [0.29, 0.717) is 12.2 Å². The Labute approximate surface area is 83.6 Å². The Morgan fingerprint density at radius 1 is 1.69 bits per heavy atom. The lowest BCUT2D eigenvalue weighted by Crippen LogP contribution is -2.13. The van der Waals surface area contributed by atoms with Crippen molar-refractivity contribution in [3.05, 3.63) is 16.8 Å². The van der Waals surface area contributed by atoms with Crippen LogP contribution in [0.4, 0.5) is 5.69 Å². The van der Waals surface area contributed by atoms with Gasteiger partial charge in [0.15, 0.2) is 0 Å². The molecule has 72 valence electrons. The Balaban J connectivity index is 2.30. The number of nitrogens with one attached hydrogen (secondary N) is 1. The molecule has 0 bridgehead atoms. The van der Waals surface area contributed by atoms with Crippen molar-refractivity contribution in [3.8, 4) is 0 Å². The van der Waals surface area contributed by atoms with E-state index in [1.807, 2.05) is 16.8 Å². The van der Waals surface area contributed by atoms with E-state index < -0.39 is 10.8 Å². The van der Waals surface area contributed by atoms with Crippen LogP contribution in [0.2, 0.25) is 0 Å². The minimum absolute atomic E-state index is 0.0754. The second-order valence-electron chi connectivity index (χ2n) is 2.59. The normalized spacial score (nSPS) is 12.4. The number of hydrogen-bond donors (Lipinski definition) is 1. The van der Waals surface area contributed by atoms with E-state index in [2.05, 4.69) is 5.32 Å². The smallest absolute Gasteiger partial charge is 0.225 e.